The van der Waals surface area contributed by atoms with E-state index in [-0.39, 0.29) is 0 Å². The third-order valence-electron chi connectivity index (χ3n) is 3.72. The quantitative estimate of drug-likeness (QED) is 0.761. The molecule has 0 spiro atoms. The second-order valence-corrected chi connectivity index (χ2v) is 6.86. The molecule has 1 atom stereocenters. The summed E-state index contributed by atoms with van der Waals surface area (Å²) in [6.45, 7) is 9.85. The lowest BCUT2D eigenvalue weighted by Gasteiger charge is -2.13. The van der Waals surface area contributed by atoms with Crippen molar-refractivity contribution in [2.24, 2.45) is 0 Å². The van der Waals surface area contributed by atoms with Crippen LogP contribution in [0, 0.1) is 0 Å². The fourth-order valence-corrected chi connectivity index (χ4v) is 3.19. The van der Waals surface area contributed by atoms with Gasteiger partial charge in [-0.15, -0.1) is 11.3 Å². The Balaban J connectivity index is 1.91. The van der Waals surface area contributed by atoms with E-state index >= 15 is 0 Å². The van der Waals surface area contributed by atoms with Gasteiger partial charge >= 0.3 is 0 Å². The van der Waals surface area contributed by atoms with Gasteiger partial charge in [0.1, 0.15) is 0 Å². The van der Waals surface area contributed by atoms with Crippen LogP contribution in [0.5, 0.6) is 0 Å². The van der Waals surface area contributed by atoms with Crippen molar-refractivity contribution in [3.05, 3.63) is 57.3 Å². The topological polar surface area (TPSA) is 12.0 Å². The Morgan fingerprint density at radius 2 is 1.70 bits per heavy atom. The molecular weight excluding hydrogens is 262 g/mol. The Labute approximate surface area is 127 Å². The molecule has 0 aliphatic heterocycles. The van der Waals surface area contributed by atoms with Crippen LogP contribution in [-0.4, -0.2) is 0 Å². The van der Waals surface area contributed by atoms with E-state index in [1.54, 1.807) is 0 Å². The Morgan fingerprint density at radius 1 is 1.00 bits per heavy atom. The molecule has 1 aromatic carbocycles. The Bertz CT molecular complexity index is 525. The van der Waals surface area contributed by atoms with Crippen molar-refractivity contribution >= 4 is 11.3 Å². The van der Waals surface area contributed by atoms with Crippen molar-refractivity contribution in [2.45, 2.75) is 52.6 Å². The van der Waals surface area contributed by atoms with Crippen molar-refractivity contribution in [1.82, 2.24) is 5.32 Å². The highest BCUT2D eigenvalue weighted by Gasteiger charge is 2.08. The number of hydrogen-bond acceptors (Lipinski definition) is 2. The molecule has 1 nitrogen and oxygen atoms in total. The first-order chi connectivity index (χ1) is 9.60. The third kappa shape index (κ3) is 3.94. The molecule has 1 unspecified atom stereocenters. The van der Waals surface area contributed by atoms with E-state index in [2.05, 4.69) is 69.4 Å². The zero-order chi connectivity index (χ0) is 14.5. The first-order valence-corrected chi connectivity index (χ1v) is 8.32. The maximum atomic E-state index is 3.61. The van der Waals surface area contributed by atoms with Gasteiger partial charge in [-0.25, -0.2) is 0 Å². The van der Waals surface area contributed by atoms with Crippen LogP contribution in [0.15, 0.2) is 36.4 Å². The van der Waals surface area contributed by atoms with E-state index in [0.29, 0.717) is 12.0 Å². The van der Waals surface area contributed by atoms with Crippen LogP contribution in [0.3, 0.4) is 0 Å². The van der Waals surface area contributed by atoms with Crippen molar-refractivity contribution in [1.29, 1.82) is 0 Å². The number of nitrogens with one attached hydrogen (secondary N) is 1. The molecule has 108 valence electrons. The summed E-state index contributed by atoms with van der Waals surface area (Å²) in [7, 11) is 0. The van der Waals surface area contributed by atoms with Crippen molar-refractivity contribution in [3.8, 4) is 0 Å². The Kier molecular flexibility index (Phi) is 5.38. The monoisotopic (exact) mass is 287 g/mol. The van der Waals surface area contributed by atoms with Gasteiger partial charge in [-0.2, -0.15) is 0 Å². The number of benzene rings is 1. The van der Waals surface area contributed by atoms with Crippen LogP contribution in [0.1, 0.15) is 60.5 Å². The van der Waals surface area contributed by atoms with Crippen LogP contribution in [0.25, 0.3) is 0 Å². The maximum Gasteiger partial charge on any atom is 0.0388 e. The van der Waals surface area contributed by atoms with Gasteiger partial charge in [0.25, 0.3) is 0 Å². The normalized spacial score (nSPS) is 12.8. The third-order valence-corrected chi connectivity index (χ3v) is 5.13. The van der Waals surface area contributed by atoms with Crippen molar-refractivity contribution in [2.75, 3.05) is 0 Å². The molecule has 0 saturated carbocycles. The van der Waals surface area contributed by atoms with Gasteiger partial charge < -0.3 is 5.32 Å². The summed E-state index contributed by atoms with van der Waals surface area (Å²) in [5.41, 5.74) is 2.76. The number of hydrogen-bond donors (Lipinski definition) is 1. The van der Waals surface area contributed by atoms with E-state index in [1.807, 2.05) is 11.3 Å². The summed E-state index contributed by atoms with van der Waals surface area (Å²) >= 11 is 1.92. The lowest BCUT2D eigenvalue weighted by molar-refractivity contribution is 0.583. The van der Waals surface area contributed by atoms with Gasteiger partial charge in [0.2, 0.25) is 0 Å². The molecule has 2 rings (SSSR count). The minimum Gasteiger partial charge on any atom is -0.305 e. The predicted octanol–water partition coefficient (Wildman–Crippen LogP) is 5.28. The van der Waals surface area contributed by atoms with E-state index in [4.69, 9.17) is 0 Å². The zero-order valence-electron chi connectivity index (χ0n) is 12.9. The van der Waals surface area contributed by atoms with Crippen molar-refractivity contribution in [3.63, 3.8) is 0 Å². The molecular formula is C18H25NS. The molecule has 2 heteroatoms. The smallest absolute Gasteiger partial charge is 0.0388 e. The van der Waals surface area contributed by atoms with Crippen LogP contribution in [0.4, 0.5) is 0 Å². The molecule has 0 amide bonds. The predicted molar refractivity (Wildman–Crippen MR) is 89.5 cm³/mol. The van der Waals surface area contributed by atoms with Crippen molar-refractivity contribution < 1.29 is 0 Å². The second kappa shape index (κ2) is 7.05. The molecule has 20 heavy (non-hydrogen) atoms. The molecule has 0 bridgehead atoms. The average Bonchev–Trinajstić information content (AvgIpc) is 2.94. The first kappa shape index (κ1) is 15.3. The minimum atomic E-state index is 0.421. The van der Waals surface area contributed by atoms with Gasteiger partial charge in [0, 0.05) is 22.3 Å². The molecule has 0 saturated heterocycles. The number of rotatable bonds is 6. The van der Waals surface area contributed by atoms with Crippen LogP contribution in [0.2, 0.25) is 0 Å². The van der Waals surface area contributed by atoms with E-state index in [1.165, 1.54) is 20.9 Å². The molecule has 1 heterocycles. The standard InChI is InChI=1S/C18H25NS/c1-5-17-10-11-18(20-17)14(4)19-12-15-6-8-16(9-7-15)13(2)3/h6-11,13-14,19H,5,12H2,1-4H3. The summed E-state index contributed by atoms with van der Waals surface area (Å²) in [6.07, 6.45) is 1.13. The maximum absolute atomic E-state index is 3.61. The van der Waals surface area contributed by atoms with E-state index in [0.717, 1.165) is 13.0 Å². The lowest BCUT2D eigenvalue weighted by atomic mass is 10.0. The summed E-state index contributed by atoms with van der Waals surface area (Å²) in [6, 6.07) is 13.9. The highest BCUT2D eigenvalue weighted by molar-refractivity contribution is 7.12. The summed E-state index contributed by atoms with van der Waals surface area (Å²) in [5.74, 6) is 0.606. The lowest BCUT2D eigenvalue weighted by Crippen LogP contribution is -2.17. The van der Waals surface area contributed by atoms with Gasteiger partial charge in [0.15, 0.2) is 0 Å². The summed E-state index contributed by atoms with van der Waals surface area (Å²) in [4.78, 5) is 2.90. The summed E-state index contributed by atoms with van der Waals surface area (Å²) in [5, 5.41) is 3.61. The minimum absolute atomic E-state index is 0.421. The fraction of sp³-hybridized carbons (Fsp3) is 0.444. The molecule has 0 radical (unpaired) electrons. The van der Waals surface area contributed by atoms with Gasteiger partial charge in [-0.05, 0) is 42.5 Å². The highest BCUT2D eigenvalue weighted by atomic mass is 32.1. The second-order valence-electron chi connectivity index (χ2n) is 5.66. The molecule has 2 aromatic rings. The van der Waals surface area contributed by atoms with E-state index in [9.17, 15) is 0 Å². The summed E-state index contributed by atoms with van der Waals surface area (Å²) < 4.78 is 0. The van der Waals surface area contributed by atoms with E-state index < -0.39 is 0 Å². The van der Waals surface area contributed by atoms with Crippen LogP contribution >= 0.6 is 11.3 Å². The number of aryl methyl sites for hydroxylation is 1. The highest BCUT2D eigenvalue weighted by Crippen LogP contribution is 2.24. The van der Waals surface area contributed by atoms with Crippen LogP contribution < -0.4 is 5.32 Å². The van der Waals surface area contributed by atoms with Crippen LogP contribution in [-0.2, 0) is 13.0 Å². The molecule has 0 aliphatic rings. The Morgan fingerprint density at radius 3 is 2.25 bits per heavy atom. The fourth-order valence-electron chi connectivity index (χ4n) is 2.21. The van der Waals surface area contributed by atoms with Gasteiger partial charge in [0.05, 0.1) is 0 Å². The molecule has 0 aliphatic carbocycles. The Hall–Kier alpha value is -1.12. The zero-order valence-corrected chi connectivity index (χ0v) is 13.8. The largest absolute Gasteiger partial charge is 0.305 e. The molecule has 0 fully saturated rings. The first-order valence-electron chi connectivity index (χ1n) is 7.51. The number of thiophene rings is 1. The SMILES string of the molecule is CCc1ccc(C(C)NCc2ccc(C(C)C)cc2)s1. The molecule has 1 N–H and O–H groups in total. The van der Waals surface area contributed by atoms with Gasteiger partial charge in [-0.1, -0.05) is 45.0 Å². The van der Waals surface area contributed by atoms with Gasteiger partial charge in [-0.3, -0.25) is 0 Å². The molecule has 1 aromatic heterocycles. The average molecular weight is 287 g/mol.